The summed E-state index contributed by atoms with van der Waals surface area (Å²) in [6.07, 6.45) is 4.78. The third kappa shape index (κ3) is 2.25. The molecule has 1 unspecified atom stereocenters. The number of fused-ring (bicyclic) bond motifs is 1. The van der Waals surface area contributed by atoms with Gasteiger partial charge in [-0.2, -0.15) is 0 Å². The normalized spacial score (nSPS) is 22.4. The van der Waals surface area contributed by atoms with Crippen molar-refractivity contribution in [2.75, 3.05) is 11.9 Å². The van der Waals surface area contributed by atoms with Crippen LogP contribution in [0.1, 0.15) is 29.8 Å². The van der Waals surface area contributed by atoms with Crippen molar-refractivity contribution in [3.8, 4) is 0 Å². The van der Waals surface area contributed by atoms with Crippen molar-refractivity contribution in [3.05, 3.63) is 10.6 Å². The number of thiazole rings is 1. The second-order valence-electron chi connectivity index (χ2n) is 4.79. The molecule has 2 heterocycles. The minimum Gasteiger partial charge on any atom is -0.355 e. The fraction of sp³-hybridized carbons (Fsp3) is 0.583. The van der Waals surface area contributed by atoms with E-state index < -0.39 is 0 Å². The molecule has 96 valence electrons. The smallest absolute Gasteiger partial charge is 0.231 e. The van der Waals surface area contributed by atoms with Gasteiger partial charge in [0.1, 0.15) is 0 Å². The summed E-state index contributed by atoms with van der Waals surface area (Å²) in [5.74, 6) is -0.397. The van der Waals surface area contributed by atoms with Crippen LogP contribution in [0.2, 0.25) is 0 Å². The van der Waals surface area contributed by atoms with Crippen molar-refractivity contribution >= 4 is 28.3 Å². The average molecular weight is 265 g/mol. The first-order chi connectivity index (χ1) is 8.72. The van der Waals surface area contributed by atoms with E-state index in [1.54, 1.807) is 11.3 Å². The number of amides is 2. The lowest BCUT2D eigenvalue weighted by Gasteiger charge is -2.06. The SMILES string of the molecule is O=C1CC(C(=O)Nc2nc3c(s2)CCCC3)CN1. The van der Waals surface area contributed by atoms with Crippen LogP contribution in [0.25, 0.3) is 0 Å². The Kier molecular flexibility index (Phi) is 3.03. The Morgan fingerprint density at radius 1 is 1.39 bits per heavy atom. The Morgan fingerprint density at radius 3 is 2.94 bits per heavy atom. The van der Waals surface area contributed by atoms with Crippen LogP contribution in [-0.4, -0.2) is 23.3 Å². The highest BCUT2D eigenvalue weighted by Crippen LogP contribution is 2.29. The van der Waals surface area contributed by atoms with Crippen molar-refractivity contribution < 1.29 is 9.59 Å². The van der Waals surface area contributed by atoms with Crippen molar-refractivity contribution in [1.82, 2.24) is 10.3 Å². The first kappa shape index (κ1) is 11.6. The number of aromatic nitrogens is 1. The molecule has 6 heteroatoms. The summed E-state index contributed by atoms with van der Waals surface area (Å²) in [7, 11) is 0. The van der Waals surface area contributed by atoms with E-state index in [0.717, 1.165) is 18.5 Å². The van der Waals surface area contributed by atoms with Crippen LogP contribution in [0.5, 0.6) is 0 Å². The van der Waals surface area contributed by atoms with Gasteiger partial charge in [0.2, 0.25) is 11.8 Å². The topological polar surface area (TPSA) is 71.1 Å². The highest BCUT2D eigenvalue weighted by atomic mass is 32.1. The standard InChI is InChI=1S/C12H15N3O2S/c16-10-5-7(6-13-10)11(17)15-12-14-8-3-1-2-4-9(8)18-12/h7H,1-6H2,(H,13,16)(H,14,15,17). The fourth-order valence-corrected chi connectivity index (χ4v) is 3.46. The molecule has 1 aliphatic carbocycles. The molecule has 2 N–H and O–H groups in total. The maximum absolute atomic E-state index is 11.9. The van der Waals surface area contributed by atoms with Gasteiger partial charge in [0.05, 0.1) is 11.6 Å². The second kappa shape index (κ2) is 4.68. The van der Waals surface area contributed by atoms with Gasteiger partial charge in [-0.05, 0) is 25.7 Å². The molecule has 0 saturated carbocycles. The molecule has 1 aliphatic heterocycles. The number of carbonyl (C=O) groups is 2. The minimum atomic E-state index is -0.251. The molecule has 1 aromatic heterocycles. The Bertz CT molecular complexity index is 474. The predicted molar refractivity (Wildman–Crippen MR) is 68.5 cm³/mol. The van der Waals surface area contributed by atoms with Crippen LogP contribution in [0.4, 0.5) is 5.13 Å². The molecule has 1 aromatic rings. The van der Waals surface area contributed by atoms with Crippen molar-refractivity contribution in [3.63, 3.8) is 0 Å². The molecular formula is C12H15N3O2S. The molecule has 0 radical (unpaired) electrons. The van der Waals surface area contributed by atoms with Crippen LogP contribution in [0.3, 0.4) is 0 Å². The number of hydrogen-bond donors (Lipinski definition) is 2. The second-order valence-corrected chi connectivity index (χ2v) is 5.87. The van der Waals surface area contributed by atoms with Gasteiger partial charge >= 0.3 is 0 Å². The minimum absolute atomic E-state index is 0.0476. The zero-order valence-corrected chi connectivity index (χ0v) is 10.8. The summed E-state index contributed by atoms with van der Waals surface area (Å²) in [5.41, 5.74) is 1.14. The number of aryl methyl sites for hydroxylation is 2. The van der Waals surface area contributed by atoms with Crippen molar-refractivity contribution in [2.45, 2.75) is 32.1 Å². The molecule has 1 fully saturated rings. The Labute approximate surface area is 109 Å². The number of rotatable bonds is 2. The van der Waals surface area contributed by atoms with E-state index in [2.05, 4.69) is 15.6 Å². The van der Waals surface area contributed by atoms with E-state index in [1.165, 1.54) is 17.7 Å². The third-order valence-corrected chi connectivity index (χ3v) is 4.50. The fourth-order valence-electron chi connectivity index (χ4n) is 2.40. The van der Waals surface area contributed by atoms with Gasteiger partial charge in [0.15, 0.2) is 5.13 Å². The Hall–Kier alpha value is -1.43. The monoisotopic (exact) mass is 265 g/mol. The molecule has 18 heavy (non-hydrogen) atoms. The maximum Gasteiger partial charge on any atom is 0.231 e. The predicted octanol–water partition coefficient (Wildman–Crippen LogP) is 1.10. The average Bonchev–Trinajstić information content (AvgIpc) is 2.94. The van der Waals surface area contributed by atoms with Gasteiger partial charge in [-0.15, -0.1) is 11.3 Å². The number of hydrogen-bond acceptors (Lipinski definition) is 4. The summed E-state index contributed by atoms with van der Waals surface area (Å²) in [6.45, 7) is 0.440. The summed E-state index contributed by atoms with van der Waals surface area (Å²) in [4.78, 5) is 28.8. The molecule has 1 atom stereocenters. The van der Waals surface area contributed by atoms with Gasteiger partial charge in [-0.25, -0.2) is 4.98 Å². The molecule has 5 nitrogen and oxygen atoms in total. The van der Waals surface area contributed by atoms with E-state index in [-0.39, 0.29) is 24.2 Å². The molecule has 0 spiro atoms. The molecule has 0 aromatic carbocycles. The van der Waals surface area contributed by atoms with Crippen molar-refractivity contribution in [1.29, 1.82) is 0 Å². The van der Waals surface area contributed by atoms with Gasteiger partial charge in [-0.1, -0.05) is 0 Å². The zero-order valence-electron chi connectivity index (χ0n) is 9.99. The van der Waals surface area contributed by atoms with Crippen molar-refractivity contribution in [2.24, 2.45) is 5.92 Å². The largest absolute Gasteiger partial charge is 0.355 e. The molecule has 2 amide bonds. The summed E-state index contributed by atoms with van der Waals surface area (Å²) in [6, 6.07) is 0. The number of nitrogens with one attached hydrogen (secondary N) is 2. The number of anilines is 1. The van der Waals surface area contributed by atoms with Crippen LogP contribution in [0.15, 0.2) is 0 Å². The van der Waals surface area contributed by atoms with Crippen LogP contribution >= 0.6 is 11.3 Å². The van der Waals surface area contributed by atoms with Gasteiger partial charge in [0.25, 0.3) is 0 Å². The summed E-state index contributed by atoms with van der Waals surface area (Å²) in [5, 5.41) is 6.19. The molecule has 2 aliphatic rings. The van der Waals surface area contributed by atoms with Crippen LogP contribution < -0.4 is 10.6 Å². The van der Waals surface area contributed by atoms with Gasteiger partial charge in [-0.3, -0.25) is 9.59 Å². The molecule has 0 bridgehead atoms. The molecular weight excluding hydrogens is 250 g/mol. The highest BCUT2D eigenvalue weighted by molar-refractivity contribution is 7.15. The van der Waals surface area contributed by atoms with E-state index in [1.807, 2.05) is 0 Å². The van der Waals surface area contributed by atoms with Crippen LogP contribution in [0, 0.1) is 5.92 Å². The Balaban J connectivity index is 1.67. The van der Waals surface area contributed by atoms with Gasteiger partial charge in [0, 0.05) is 17.8 Å². The number of nitrogens with zero attached hydrogens (tertiary/aromatic N) is 1. The lowest BCUT2D eigenvalue weighted by molar-refractivity contribution is -0.123. The lowest BCUT2D eigenvalue weighted by atomic mass is 10.0. The quantitative estimate of drug-likeness (QED) is 0.841. The van der Waals surface area contributed by atoms with E-state index >= 15 is 0 Å². The van der Waals surface area contributed by atoms with E-state index in [0.29, 0.717) is 11.7 Å². The summed E-state index contributed by atoms with van der Waals surface area (Å²) >= 11 is 1.57. The van der Waals surface area contributed by atoms with E-state index in [4.69, 9.17) is 0 Å². The first-order valence-electron chi connectivity index (χ1n) is 6.28. The van der Waals surface area contributed by atoms with Gasteiger partial charge < -0.3 is 10.6 Å². The maximum atomic E-state index is 11.9. The van der Waals surface area contributed by atoms with Crippen LogP contribution in [-0.2, 0) is 22.4 Å². The summed E-state index contributed by atoms with van der Waals surface area (Å²) < 4.78 is 0. The third-order valence-electron chi connectivity index (χ3n) is 3.42. The molecule has 3 rings (SSSR count). The number of carbonyl (C=O) groups excluding carboxylic acids is 2. The first-order valence-corrected chi connectivity index (χ1v) is 7.10. The zero-order chi connectivity index (χ0) is 12.5. The molecule has 1 saturated heterocycles. The van der Waals surface area contributed by atoms with E-state index in [9.17, 15) is 9.59 Å². The highest BCUT2D eigenvalue weighted by Gasteiger charge is 2.28. The Morgan fingerprint density at radius 2 is 2.22 bits per heavy atom. The lowest BCUT2D eigenvalue weighted by Crippen LogP contribution is -2.24.